The molecule has 32 heavy (non-hydrogen) atoms. The molecule has 2 aliphatic heterocycles. The molecule has 0 bridgehead atoms. The molecule has 2 unspecified atom stereocenters. The molecule has 0 radical (unpaired) electrons. The van der Waals surface area contributed by atoms with Gasteiger partial charge in [0.05, 0.1) is 12.2 Å². The van der Waals surface area contributed by atoms with Gasteiger partial charge < -0.3 is 14.4 Å². The number of halogens is 2. The van der Waals surface area contributed by atoms with Crippen molar-refractivity contribution < 1.29 is 23.0 Å². The normalized spacial score (nSPS) is 22.7. The summed E-state index contributed by atoms with van der Waals surface area (Å²) < 4.78 is 38.3. The third-order valence-corrected chi connectivity index (χ3v) is 6.02. The smallest absolute Gasteiger partial charge is 0.253 e. The summed E-state index contributed by atoms with van der Waals surface area (Å²) in [6.45, 7) is 7.92. The van der Waals surface area contributed by atoms with Gasteiger partial charge in [0.1, 0.15) is 11.9 Å². The Bertz CT molecular complexity index is 919. The van der Waals surface area contributed by atoms with E-state index in [0.29, 0.717) is 31.5 Å². The molecule has 7 heteroatoms. The zero-order valence-electron chi connectivity index (χ0n) is 18.6. The topological polar surface area (TPSA) is 42.0 Å². The Balaban J connectivity index is 1.28. The number of piperidine rings is 1. The number of benzene rings is 2. The highest BCUT2D eigenvalue weighted by molar-refractivity contribution is 5.94. The highest BCUT2D eigenvalue weighted by Crippen LogP contribution is 2.24. The van der Waals surface area contributed by atoms with Gasteiger partial charge in [-0.25, -0.2) is 8.78 Å². The van der Waals surface area contributed by atoms with Crippen LogP contribution in [0.4, 0.5) is 8.78 Å². The molecule has 0 saturated carbocycles. The van der Waals surface area contributed by atoms with Gasteiger partial charge in [-0.05, 0) is 43.7 Å². The number of morpholine rings is 1. The maximum atomic E-state index is 13.8. The number of ether oxygens (including phenoxy) is 2. The number of likely N-dealkylation sites (tertiary alicyclic amines) is 1. The van der Waals surface area contributed by atoms with Crippen LogP contribution in [0.15, 0.2) is 42.5 Å². The number of carbonyl (C=O) groups excluding carboxylic acids is 1. The summed E-state index contributed by atoms with van der Waals surface area (Å²) in [5, 5.41) is 0. The van der Waals surface area contributed by atoms with Crippen molar-refractivity contribution in [3.05, 3.63) is 65.2 Å². The molecule has 2 aromatic carbocycles. The Hall–Kier alpha value is -2.51. The SMILES string of the molecule is CC1CN(Cc2ccc(C(=O)N3CCC(Oc4ccc(F)cc4F)CC3)cc2)CC(C)O1. The van der Waals surface area contributed by atoms with Crippen molar-refractivity contribution >= 4 is 5.91 Å². The van der Waals surface area contributed by atoms with E-state index in [4.69, 9.17) is 9.47 Å². The number of hydrogen-bond acceptors (Lipinski definition) is 4. The second-order valence-electron chi connectivity index (χ2n) is 8.83. The Labute approximate surface area is 187 Å². The van der Waals surface area contributed by atoms with E-state index in [-0.39, 0.29) is 30.0 Å². The van der Waals surface area contributed by atoms with E-state index in [2.05, 4.69) is 18.7 Å². The summed E-state index contributed by atoms with van der Waals surface area (Å²) in [7, 11) is 0. The molecule has 2 atom stereocenters. The molecule has 2 aliphatic rings. The molecule has 0 aromatic heterocycles. The van der Waals surface area contributed by atoms with Crippen molar-refractivity contribution in [2.75, 3.05) is 26.2 Å². The van der Waals surface area contributed by atoms with Crippen molar-refractivity contribution in [1.82, 2.24) is 9.80 Å². The lowest BCUT2D eigenvalue weighted by molar-refractivity contribution is -0.0704. The largest absolute Gasteiger partial charge is 0.487 e. The Morgan fingerprint density at radius 3 is 2.31 bits per heavy atom. The quantitative estimate of drug-likeness (QED) is 0.691. The molecule has 5 nitrogen and oxygen atoms in total. The van der Waals surface area contributed by atoms with Gasteiger partial charge in [0, 0.05) is 57.2 Å². The first kappa shape index (κ1) is 22.7. The first-order chi connectivity index (χ1) is 15.4. The van der Waals surface area contributed by atoms with E-state index in [1.807, 2.05) is 24.3 Å². The van der Waals surface area contributed by atoms with Crippen molar-refractivity contribution in [3.8, 4) is 5.75 Å². The van der Waals surface area contributed by atoms with Crippen LogP contribution < -0.4 is 4.74 Å². The molecule has 2 fully saturated rings. The molecule has 0 spiro atoms. The fourth-order valence-corrected chi connectivity index (χ4v) is 4.53. The number of amides is 1. The lowest BCUT2D eigenvalue weighted by Gasteiger charge is -2.35. The van der Waals surface area contributed by atoms with Gasteiger partial charge in [0.15, 0.2) is 11.6 Å². The summed E-state index contributed by atoms with van der Waals surface area (Å²) in [6.07, 6.45) is 1.47. The first-order valence-corrected chi connectivity index (χ1v) is 11.2. The minimum Gasteiger partial charge on any atom is -0.487 e. The maximum Gasteiger partial charge on any atom is 0.253 e. The predicted octanol–water partition coefficient (Wildman–Crippen LogP) is 4.26. The van der Waals surface area contributed by atoms with Crippen molar-refractivity contribution in [2.45, 2.75) is 51.5 Å². The van der Waals surface area contributed by atoms with Crippen LogP contribution in [0.3, 0.4) is 0 Å². The number of carbonyl (C=O) groups is 1. The van der Waals surface area contributed by atoms with Crippen LogP contribution in [-0.4, -0.2) is 60.2 Å². The zero-order chi connectivity index (χ0) is 22.7. The van der Waals surface area contributed by atoms with E-state index in [0.717, 1.165) is 25.7 Å². The van der Waals surface area contributed by atoms with Crippen molar-refractivity contribution in [3.63, 3.8) is 0 Å². The Morgan fingerprint density at radius 2 is 1.69 bits per heavy atom. The van der Waals surface area contributed by atoms with Gasteiger partial charge in [-0.3, -0.25) is 9.69 Å². The van der Waals surface area contributed by atoms with Crippen LogP contribution in [0.1, 0.15) is 42.6 Å². The van der Waals surface area contributed by atoms with Gasteiger partial charge in [0.2, 0.25) is 0 Å². The summed E-state index contributed by atoms with van der Waals surface area (Å²) in [6, 6.07) is 11.1. The summed E-state index contributed by atoms with van der Waals surface area (Å²) in [5.41, 5.74) is 1.85. The fraction of sp³-hybridized carbons (Fsp3) is 0.480. The zero-order valence-corrected chi connectivity index (χ0v) is 18.6. The van der Waals surface area contributed by atoms with E-state index in [1.54, 1.807) is 4.90 Å². The van der Waals surface area contributed by atoms with Crippen LogP contribution in [0, 0.1) is 11.6 Å². The average molecular weight is 445 g/mol. The lowest BCUT2D eigenvalue weighted by atomic mass is 10.0. The molecule has 2 saturated heterocycles. The molecular weight excluding hydrogens is 414 g/mol. The third-order valence-electron chi connectivity index (χ3n) is 6.02. The maximum absolute atomic E-state index is 13.8. The van der Waals surface area contributed by atoms with Gasteiger partial charge in [0.25, 0.3) is 5.91 Å². The van der Waals surface area contributed by atoms with Crippen molar-refractivity contribution in [2.24, 2.45) is 0 Å². The molecule has 2 heterocycles. The van der Waals surface area contributed by atoms with Gasteiger partial charge in [-0.1, -0.05) is 12.1 Å². The molecular formula is C25H30F2N2O3. The van der Waals surface area contributed by atoms with E-state index < -0.39 is 11.6 Å². The second kappa shape index (κ2) is 9.96. The standard InChI is InChI=1S/C25H30F2N2O3/c1-17-14-28(15-18(2)31-17)16-19-3-5-20(6-4-19)25(30)29-11-9-22(10-12-29)32-24-8-7-21(26)13-23(24)27/h3-8,13,17-18,22H,9-12,14-16H2,1-2H3. The molecule has 0 N–H and O–H groups in total. The van der Waals surface area contributed by atoms with Gasteiger partial charge in [-0.15, -0.1) is 0 Å². The lowest BCUT2D eigenvalue weighted by Crippen LogP contribution is -2.44. The van der Waals surface area contributed by atoms with Crippen LogP contribution >= 0.6 is 0 Å². The van der Waals surface area contributed by atoms with Crippen molar-refractivity contribution in [1.29, 1.82) is 0 Å². The van der Waals surface area contributed by atoms with Crippen LogP contribution in [0.25, 0.3) is 0 Å². The van der Waals surface area contributed by atoms with Crippen LogP contribution in [0.5, 0.6) is 5.75 Å². The number of hydrogen-bond donors (Lipinski definition) is 0. The number of nitrogens with zero attached hydrogens (tertiary/aromatic N) is 2. The predicted molar refractivity (Wildman–Crippen MR) is 118 cm³/mol. The highest BCUT2D eigenvalue weighted by Gasteiger charge is 2.26. The first-order valence-electron chi connectivity index (χ1n) is 11.2. The molecule has 2 aromatic rings. The molecule has 172 valence electrons. The monoisotopic (exact) mass is 444 g/mol. The third kappa shape index (κ3) is 5.64. The minimum absolute atomic E-state index is 0.00317. The minimum atomic E-state index is -0.704. The molecule has 0 aliphatic carbocycles. The van der Waals surface area contributed by atoms with Crippen LogP contribution in [-0.2, 0) is 11.3 Å². The average Bonchev–Trinajstić information content (AvgIpc) is 2.76. The van der Waals surface area contributed by atoms with E-state index in [1.165, 1.54) is 17.7 Å². The van der Waals surface area contributed by atoms with Gasteiger partial charge in [-0.2, -0.15) is 0 Å². The number of rotatable bonds is 5. The molecule has 4 rings (SSSR count). The summed E-state index contributed by atoms with van der Waals surface area (Å²) in [4.78, 5) is 17.1. The summed E-state index contributed by atoms with van der Waals surface area (Å²) >= 11 is 0. The fourth-order valence-electron chi connectivity index (χ4n) is 4.53. The van der Waals surface area contributed by atoms with E-state index in [9.17, 15) is 13.6 Å². The highest BCUT2D eigenvalue weighted by atomic mass is 19.1. The second-order valence-corrected chi connectivity index (χ2v) is 8.83. The molecule has 1 amide bonds. The van der Waals surface area contributed by atoms with Crippen LogP contribution in [0.2, 0.25) is 0 Å². The van der Waals surface area contributed by atoms with Gasteiger partial charge >= 0.3 is 0 Å². The Morgan fingerprint density at radius 1 is 1.03 bits per heavy atom. The Kier molecular flexibility index (Phi) is 7.06. The van der Waals surface area contributed by atoms with E-state index >= 15 is 0 Å². The summed E-state index contributed by atoms with van der Waals surface area (Å²) in [5.74, 6) is -1.28.